The van der Waals surface area contributed by atoms with Crippen molar-refractivity contribution in [3.63, 3.8) is 0 Å². The Bertz CT molecular complexity index is 1100. The molecule has 1 atom stereocenters. The predicted molar refractivity (Wildman–Crippen MR) is 113 cm³/mol. The van der Waals surface area contributed by atoms with Gasteiger partial charge in [-0.15, -0.1) is 0 Å². The van der Waals surface area contributed by atoms with Gasteiger partial charge in [-0.1, -0.05) is 29.8 Å². The lowest BCUT2D eigenvalue weighted by Gasteiger charge is -2.21. The van der Waals surface area contributed by atoms with Crippen LogP contribution in [0.2, 0.25) is 5.02 Å². The number of benzene rings is 2. The molecule has 2 heterocycles. The average Bonchev–Trinajstić information content (AvgIpc) is 3.45. The van der Waals surface area contributed by atoms with Crippen LogP contribution >= 0.6 is 11.6 Å². The van der Waals surface area contributed by atoms with Gasteiger partial charge >= 0.3 is 0 Å². The van der Waals surface area contributed by atoms with E-state index in [2.05, 4.69) is 43.5 Å². The zero-order valence-corrected chi connectivity index (χ0v) is 16.4. The summed E-state index contributed by atoms with van der Waals surface area (Å²) in [7, 11) is 0. The lowest BCUT2D eigenvalue weighted by molar-refractivity contribution is 0.180. The average molecular weight is 389 g/mol. The molecule has 0 amide bonds. The molecule has 140 valence electrons. The van der Waals surface area contributed by atoms with Crippen LogP contribution < -0.4 is 4.74 Å². The molecule has 2 aromatic heterocycles. The summed E-state index contributed by atoms with van der Waals surface area (Å²) in [6.07, 6.45) is 6.59. The standard InChI is InChI=1S/C24H21ClN2O/c1-16-14-19(21-15-27-13-3-2-4-23(27)26-21)9-12-22(16)28-24(17-5-6-17)18-7-10-20(25)11-8-18/h2-4,7-15,17,24H,5-6H2,1H3. The fraction of sp³-hybridized carbons (Fsp3) is 0.208. The molecular weight excluding hydrogens is 368 g/mol. The predicted octanol–water partition coefficient (Wildman–Crippen LogP) is 6.49. The van der Waals surface area contributed by atoms with E-state index in [1.807, 2.05) is 40.9 Å². The molecule has 4 aromatic rings. The number of aromatic nitrogens is 2. The maximum atomic E-state index is 6.48. The second kappa shape index (κ2) is 6.99. The van der Waals surface area contributed by atoms with E-state index in [0.29, 0.717) is 5.92 Å². The van der Waals surface area contributed by atoms with Crippen molar-refractivity contribution in [1.29, 1.82) is 0 Å². The van der Waals surface area contributed by atoms with Crippen LogP contribution in [0.3, 0.4) is 0 Å². The lowest BCUT2D eigenvalue weighted by atomic mass is 10.0. The van der Waals surface area contributed by atoms with Crippen LogP contribution in [0.15, 0.2) is 73.1 Å². The van der Waals surface area contributed by atoms with E-state index in [0.717, 1.165) is 33.2 Å². The molecular formula is C24H21ClN2O. The molecule has 0 aliphatic heterocycles. The minimum atomic E-state index is 0.0806. The molecule has 1 aliphatic carbocycles. The number of hydrogen-bond acceptors (Lipinski definition) is 2. The van der Waals surface area contributed by atoms with Gasteiger partial charge < -0.3 is 9.14 Å². The largest absolute Gasteiger partial charge is 0.485 e. The van der Waals surface area contributed by atoms with Crippen molar-refractivity contribution in [2.75, 3.05) is 0 Å². The summed E-state index contributed by atoms with van der Waals surface area (Å²) >= 11 is 6.05. The fourth-order valence-electron chi connectivity index (χ4n) is 3.64. The fourth-order valence-corrected chi connectivity index (χ4v) is 3.77. The van der Waals surface area contributed by atoms with Gasteiger partial charge in [0.1, 0.15) is 17.5 Å². The van der Waals surface area contributed by atoms with Crippen LogP contribution in [0.5, 0.6) is 5.75 Å². The van der Waals surface area contributed by atoms with Crippen molar-refractivity contribution in [3.05, 3.63) is 89.2 Å². The first-order chi connectivity index (χ1) is 13.7. The van der Waals surface area contributed by atoms with Crippen LogP contribution in [0.25, 0.3) is 16.9 Å². The third-order valence-electron chi connectivity index (χ3n) is 5.34. The van der Waals surface area contributed by atoms with E-state index in [9.17, 15) is 0 Å². The molecule has 5 rings (SSSR count). The summed E-state index contributed by atoms with van der Waals surface area (Å²) in [5.74, 6) is 1.51. The maximum Gasteiger partial charge on any atom is 0.137 e. The Morgan fingerprint density at radius 1 is 1.07 bits per heavy atom. The summed E-state index contributed by atoms with van der Waals surface area (Å²) < 4.78 is 8.52. The van der Waals surface area contributed by atoms with Crippen molar-refractivity contribution in [1.82, 2.24) is 9.38 Å². The molecule has 0 N–H and O–H groups in total. The molecule has 1 fully saturated rings. The first kappa shape index (κ1) is 17.3. The number of rotatable bonds is 5. The highest BCUT2D eigenvalue weighted by Crippen LogP contribution is 2.44. The number of halogens is 1. The third-order valence-corrected chi connectivity index (χ3v) is 5.59. The van der Waals surface area contributed by atoms with Gasteiger partial charge in [-0.3, -0.25) is 0 Å². The molecule has 0 spiro atoms. The molecule has 4 heteroatoms. The number of pyridine rings is 1. The second-order valence-corrected chi connectivity index (χ2v) is 7.94. The number of hydrogen-bond donors (Lipinski definition) is 0. The Morgan fingerprint density at radius 3 is 2.61 bits per heavy atom. The van der Waals surface area contributed by atoms with E-state index in [1.54, 1.807) is 0 Å². The number of fused-ring (bicyclic) bond motifs is 1. The summed E-state index contributed by atoms with van der Waals surface area (Å²) in [4.78, 5) is 4.72. The van der Waals surface area contributed by atoms with E-state index in [-0.39, 0.29) is 6.10 Å². The topological polar surface area (TPSA) is 26.5 Å². The van der Waals surface area contributed by atoms with Crippen molar-refractivity contribution in [3.8, 4) is 17.0 Å². The molecule has 0 radical (unpaired) electrons. The SMILES string of the molecule is Cc1cc(-c2cn3ccccc3n2)ccc1OC(c1ccc(Cl)cc1)C1CC1. The first-order valence-corrected chi connectivity index (χ1v) is 10.0. The first-order valence-electron chi connectivity index (χ1n) is 9.64. The van der Waals surface area contributed by atoms with E-state index < -0.39 is 0 Å². The Hall–Kier alpha value is -2.78. The van der Waals surface area contributed by atoms with Crippen LogP contribution in [-0.4, -0.2) is 9.38 Å². The van der Waals surface area contributed by atoms with Crippen LogP contribution in [0.1, 0.15) is 30.1 Å². The highest BCUT2D eigenvalue weighted by Gasteiger charge is 2.34. The number of aryl methyl sites for hydroxylation is 1. The second-order valence-electron chi connectivity index (χ2n) is 7.50. The van der Waals surface area contributed by atoms with E-state index in [1.165, 1.54) is 18.4 Å². The van der Waals surface area contributed by atoms with E-state index >= 15 is 0 Å². The minimum Gasteiger partial charge on any atom is -0.485 e. The van der Waals surface area contributed by atoms with Gasteiger partial charge in [0.2, 0.25) is 0 Å². The van der Waals surface area contributed by atoms with Gasteiger partial charge in [0.05, 0.1) is 5.69 Å². The van der Waals surface area contributed by atoms with Crippen molar-refractivity contribution in [2.45, 2.75) is 25.9 Å². The van der Waals surface area contributed by atoms with Crippen LogP contribution in [0.4, 0.5) is 0 Å². The van der Waals surface area contributed by atoms with Crippen molar-refractivity contribution >= 4 is 17.2 Å². The lowest BCUT2D eigenvalue weighted by Crippen LogP contribution is -2.10. The summed E-state index contributed by atoms with van der Waals surface area (Å²) in [6.45, 7) is 2.10. The molecule has 28 heavy (non-hydrogen) atoms. The Morgan fingerprint density at radius 2 is 1.89 bits per heavy atom. The highest BCUT2D eigenvalue weighted by atomic mass is 35.5. The van der Waals surface area contributed by atoms with Crippen LogP contribution in [0, 0.1) is 12.8 Å². The summed E-state index contributed by atoms with van der Waals surface area (Å²) in [6, 6.07) is 20.4. The Balaban J connectivity index is 1.43. The molecule has 1 unspecified atom stereocenters. The quantitative estimate of drug-likeness (QED) is 0.390. The van der Waals surface area contributed by atoms with Crippen LogP contribution in [-0.2, 0) is 0 Å². The molecule has 3 nitrogen and oxygen atoms in total. The van der Waals surface area contributed by atoms with Crippen molar-refractivity contribution in [2.24, 2.45) is 5.92 Å². The van der Waals surface area contributed by atoms with E-state index in [4.69, 9.17) is 21.3 Å². The Labute approximate surface area is 169 Å². The molecule has 1 aliphatic rings. The maximum absolute atomic E-state index is 6.48. The van der Waals surface area contributed by atoms with Gasteiger partial charge in [0.15, 0.2) is 0 Å². The Kier molecular flexibility index (Phi) is 4.33. The molecule has 1 saturated carbocycles. The molecule has 0 bridgehead atoms. The highest BCUT2D eigenvalue weighted by molar-refractivity contribution is 6.30. The normalized spacial score (nSPS) is 14.9. The molecule has 0 saturated heterocycles. The van der Waals surface area contributed by atoms with Gasteiger partial charge in [0.25, 0.3) is 0 Å². The molecule has 2 aromatic carbocycles. The third kappa shape index (κ3) is 3.38. The van der Waals surface area contributed by atoms with Gasteiger partial charge in [0, 0.05) is 28.9 Å². The monoisotopic (exact) mass is 388 g/mol. The zero-order chi connectivity index (χ0) is 19.1. The number of imidazole rings is 1. The van der Waals surface area contributed by atoms with Gasteiger partial charge in [-0.25, -0.2) is 4.98 Å². The summed E-state index contributed by atoms with van der Waals surface area (Å²) in [5, 5.41) is 0.756. The zero-order valence-electron chi connectivity index (χ0n) is 15.7. The van der Waals surface area contributed by atoms with Gasteiger partial charge in [-0.05, 0) is 73.4 Å². The minimum absolute atomic E-state index is 0.0806. The smallest absolute Gasteiger partial charge is 0.137 e. The number of ether oxygens (including phenoxy) is 1. The van der Waals surface area contributed by atoms with Gasteiger partial charge in [-0.2, -0.15) is 0 Å². The number of nitrogens with zero attached hydrogens (tertiary/aromatic N) is 2. The summed E-state index contributed by atoms with van der Waals surface area (Å²) in [5.41, 5.74) is 5.33. The van der Waals surface area contributed by atoms with Crippen molar-refractivity contribution < 1.29 is 4.74 Å².